The fourth-order valence-electron chi connectivity index (χ4n) is 1.31. The van der Waals surface area contributed by atoms with E-state index in [9.17, 15) is 4.79 Å². The molecule has 16 heavy (non-hydrogen) atoms. The third kappa shape index (κ3) is 2.40. The van der Waals surface area contributed by atoms with Gasteiger partial charge in [-0.15, -0.1) is 11.3 Å². The normalized spacial score (nSPS) is 10.6. The molecule has 2 aromatic heterocycles. The first-order valence-electron chi connectivity index (χ1n) is 4.74. The fraction of sp³-hybridized carbons (Fsp3) is 0.200. The largest absolute Gasteiger partial charge is 0.329 e. The van der Waals surface area contributed by atoms with Crippen molar-refractivity contribution in [3.05, 3.63) is 38.4 Å². The van der Waals surface area contributed by atoms with E-state index in [-0.39, 0.29) is 5.56 Å². The van der Waals surface area contributed by atoms with Gasteiger partial charge in [-0.05, 0) is 34.1 Å². The van der Waals surface area contributed by atoms with Gasteiger partial charge in [0.1, 0.15) is 5.69 Å². The number of hydrogen-bond acceptors (Lipinski definition) is 4. The second-order valence-corrected chi connectivity index (χ2v) is 5.64. The zero-order valence-electron chi connectivity index (χ0n) is 8.39. The lowest BCUT2D eigenvalue weighted by Crippen LogP contribution is -2.25. The molecule has 0 fully saturated rings. The molecule has 6 heteroatoms. The summed E-state index contributed by atoms with van der Waals surface area (Å²) in [5.41, 5.74) is 6.09. The molecule has 2 aromatic rings. The van der Waals surface area contributed by atoms with Gasteiger partial charge in [-0.3, -0.25) is 4.79 Å². The van der Waals surface area contributed by atoms with Crippen LogP contribution in [0.25, 0.3) is 10.6 Å². The van der Waals surface area contributed by atoms with Crippen LogP contribution in [-0.2, 0) is 6.54 Å². The van der Waals surface area contributed by atoms with Crippen LogP contribution < -0.4 is 11.3 Å². The van der Waals surface area contributed by atoms with Crippen LogP contribution in [0.3, 0.4) is 0 Å². The summed E-state index contributed by atoms with van der Waals surface area (Å²) < 4.78 is 2.43. The van der Waals surface area contributed by atoms with Crippen molar-refractivity contribution >= 4 is 27.3 Å². The summed E-state index contributed by atoms with van der Waals surface area (Å²) in [5, 5.41) is 4.26. The molecule has 0 aliphatic carbocycles. The van der Waals surface area contributed by atoms with Gasteiger partial charge in [0.25, 0.3) is 5.56 Å². The Balaban J connectivity index is 2.43. The molecule has 0 aliphatic heterocycles. The van der Waals surface area contributed by atoms with E-state index in [1.165, 1.54) is 10.7 Å². The molecule has 0 saturated carbocycles. The average molecular weight is 300 g/mol. The van der Waals surface area contributed by atoms with Crippen molar-refractivity contribution in [2.75, 3.05) is 6.54 Å². The number of rotatable bonds is 3. The summed E-state index contributed by atoms with van der Waals surface area (Å²) >= 11 is 4.98. The minimum absolute atomic E-state index is 0.121. The number of nitrogens with zero attached hydrogens (tertiary/aromatic N) is 2. The van der Waals surface area contributed by atoms with E-state index in [1.807, 2.05) is 12.1 Å². The SMILES string of the molecule is NCCn1nc(-c2ccc(Br)s2)ccc1=O. The lowest BCUT2D eigenvalue weighted by Gasteiger charge is -2.03. The van der Waals surface area contributed by atoms with Gasteiger partial charge in [0.15, 0.2) is 0 Å². The molecule has 4 nitrogen and oxygen atoms in total. The third-order valence-electron chi connectivity index (χ3n) is 2.03. The highest BCUT2D eigenvalue weighted by atomic mass is 79.9. The molecule has 2 rings (SSSR count). The average Bonchev–Trinajstić information content (AvgIpc) is 2.69. The predicted octanol–water partition coefficient (Wildman–Crippen LogP) is 1.69. The number of halogens is 1. The second-order valence-electron chi connectivity index (χ2n) is 3.17. The van der Waals surface area contributed by atoms with E-state index in [2.05, 4.69) is 21.0 Å². The molecule has 2 heterocycles. The number of nitrogens with two attached hydrogens (primary N) is 1. The van der Waals surface area contributed by atoms with E-state index >= 15 is 0 Å². The van der Waals surface area contributed by atoms with E-state index in [0.717, 1.165) is 14.4 Å². The van der Waals surface area contributed by atoms with Crippen LogP contribution in [0.4, 0.5) is 0 Å². The quantitative estimate of drug-likeness (QED) is 0.938. The van der Waals surface area contributed by atoms with E-state index in [1.54, 1.807) is 17.4 Å². The van der Waals surface area contributed by atoms with Crippen molar-refractivity contribution in [1.82, 2.24) is 9.78 Å². The summed E-state index contributed by atoms with van der Waals surface area (Å²) in [6, 6.07) is 7.17. The molecule has 2 N–H and O–H groups in total. The summed E-state index contributed by atoms with van der Waals surface area (Å²) in [6.07, 6.45) is 0. The molecule has 0 saturated heterocycles. The Hall–Kier alpha value is -0.980. The van der Waals surface area contributed by atoms with Crippen LogP contribution in [-0.4, -0.2) is 16.3 Å². The summed E-state index contributed by atoms with van der Waals surface area (Å²) in [4.78, 5) is 12.5. The first kappa shape index (κ1) is 11.5. The maximum Gasteiger partial charge on any atom is 0.266 e. The van der Waals surface area contributed by atoms with Gasteiger partial charge < -0.3 is 5.73 Å². The smallest absolute Gasteiger partial charge is 0.266 e. The highest BCUT2D eigenvalue weighted by Crippen LogP contribution is 2.29. The van der Waals surface area contributed by atoms with Gasteiger partial charge in [0, 0.05) is 12.6 Å². The number of aromatic nitrogens is 2. The highest BCUT2D eigenvalue weighted by molar-refractivity contribution is 9.11. The third-order valence-corrected chi connectivity index (χ3v) is 3.68. The predicted molar refractivity (Wildman–Crippen MR) is 68.6 cm³/mol. The van der Waals surface area contributed by atoms with E-state index in [0.29, 0.717) is 13.1 Å². The Kier molecular flexibility index (Phi) is 3.52. The molecule has 0 aromatic carbocycles. The van der Waals surface area contributed by atoms with Crippen LogP contribution in [0.1, 0.15) is 0 Å². The summed E-state index contributed by atoms with van der Waals surface area (Å²) in [6.45, 7) is 0.851. The van der Waals surface area contributed by atoms with Crippen molar-refractivity contribution in [2.24, 2.45) is 5.73 Å². The molecule has 0 aliphatic rings. The summed E-state index contributed by atoms with van der Waals surface area (Å²) in [7, 11) is 0. The minimum atomic E-state index is -0.121. The van der Waals surface area contributed by atoms with Crippen LogP contribution >= 0.6 is 27.3 Å². The molecule has 0 radical (unpaired) electrons. The van der Waals surface area contributed by atoms with Crippen molar-refractivity contribution in [2.45, 2.75) is 6.54 Å². The van der Waals surface area contributed by atoms with Crippen molar-refractivity contribution in [3.63, 3.8) is 0 Å². The Morgan fingerprint density at radius 1 is 1.38 bits per heavy atom. The number of thiophene rings is 1. The monoisotopic (exact) mass is 299 g/mol. The first-order valence-corrected chi connectivity index (χ1v) is 6.35. The number of hydrogen-bond donors (Lipinski definition) is 1. The summed E-state index contributed by atoms with van der Waals surface area (Å²) in [5.74, 6) is 0. The molecule has 0 atom stereocenters. The van der Waals surface area contributed by atoms with Crippen molar-refractivity contribution in [1.29, 1.82) is 0 Å². The lowest BCUT2D eigenvalue weighted by atomic mass is 10.3. The van der Waals surface area contributed by atoms with Crippen LogP contribution in [0.2, 0.25) is 0 Å². The van der Waals surface area contributed by atoms with Crippen molar-refractivity contribution in [3.8, 4) is 10.6 Å². The minimum Gasteiger partial charge on any atom is -0.329 e. The van der Waals surface area contributed by atoms with E-state index < -0.39 is 0 Å². The molecule has 0 unspecified atom stereocenters. The zero-order valence-corrected chi connectivity index (χ0v) is 10.8. The van der Waals surface area contributed by atoms with Gasteiger partial charge in [0.2, 0.25) is 0 Å². The van der Waals surface area contributed by atoms with Gasteiger partial charge in [0.05, 0.1) is 15.2 Å². The zero-order chi connectivity index (χ0) is 11.5. The molecule has 0 amide bonds. The molecular weight excluding hydrogens is 290 g/mol. The first-order chi connectivity index (χ1) is 7.70. The Morgan fingerprint density at radius 3 is 2.81 bits per heavy atom. The molecular formula is C10H10BrN3OS. The van der Waals surface area contributed by atoms with E-state index in [4.69, 9.17) is 5.73 Å². The fourth-order valence-corrected chi connectivity index (χ4v) is 2.67. The second kappa shape index (κ2) is 4.90. The highest BCUT2D eigenvalue weighted by Gasteiger charge is 2.05. The van der Waals surface area contributed by atoms with Crippen LogP contribution in [0, 0.1) is 0 Å². The standard InChI is InChI=1S/C10H10BrN3OS/c11-9-3-2-8(16-9)7-1-4-10(15)14(13-7)6-5-12/h1-4H,5-6,12H2. The molecule has 0 spiro atoms. The Bertz CT molecular complexity index is 549. The molecule has 0 bridgehead atoms. The van der Waals surface area contributed by atoms with Crippen molar-refractivity contribution < 1.29 is 0 Å². The maximum absolute atomic E-state index is 11.4. The molecule has 84 valence electrons. The van der Waals surface area contributed by atoms with Crippen LogP contribution in [0.15, 0.2) is 32.8 Å². The lowest BCUT2D eigenvalue weighted by molar-refractivity contribution is 0.590. The Morgan fingerprint density at radius 2 is 2.19 bits per heavy atom. The van der Waals surface area contributed by atoms with Gasteiger partial charge in [-0.2, -0.15) is 5.10 Å². The topological polar surface area (TPSA) is 60.9 Å². The maximum atomic E-state index is 11.4. The van der Waals surface area contributed by atoms with Gasteiger partial charge in [-0.1, -0.05) is 0 Å². The Labute approximate surface area is 105 Å². The van der Waals surface area contributed by atoms with Gasteiger partial charge in [-0.25, -0.2) is 4.68 Å². The van der Waals surface area contributed by atoms with Crippen LogP contribution in [0.5, 0.6) is 0 Å². The van der Waals surface area contributed by atoms with Gasteiger partial charge >= 0.3 is 0 Å².